The van der Waals surface area contributed by atoms with Crippen LogP contribution < -0.4 is 16.0 Å². The van der Waals surface area contributed by atoms with Crippen LogP contribution in [-0.4, -0.2) is 61.5 Å². The van der Waals surface area contributed by atoms with Crippen LogP contribution in [0.3, 0.4) is 0 Å². The molecule has 1 aliphatic rings. The molecule has 0 aromatic carbocycles. The van der Waals surface area contributed by atoms with Crippen LogP contribution >= 0.6 is 0 Å². The Morgan fingerprint density at radius 3 is 2.56 bits per heavy atom. The summed E-state index contributed by atoms with van der Waals surface area (Å²) in [6, 6.07) is 0. The molecule has 6 nitrogen and oxygen atoms in total. The third-order valence-corrected chi connectivity index (χ3v) is 3.13. The van der Waals surface area contributed by atoms with E-state index >= 15 is 0 Å². The maximum Gasteiger partial charge on any atom is 0.234 e. The number of amides is 2. The van der Waals surface area contributed by atoms with E-state index in [1.807, 2.05) is 0 Å². The van der Waals surface area contributed by atoms with Crippen molar-refractivity contribution >= 4 is 11.8 Å². The van der Waals surface area contributed by atoms with E-state index in [2.05, 4.69) is 34.7 Å². The molecule has 6 heteroatoms. The van der Waals surface area contributed by atoms with Crippen LogP contribution in [0.15, 0.2) is 0 Å². The molecular weight excluding hydrogens is 232 g/mol. The number of piperazine rings is 1. The molecule has 0 saturated carbocycles. The van der Waals surface area contributed by atoms with E-state index in [0.717, 1.165) is 19.6 Å². The highest BCUT2D eigenvalue weighted by Gasteiger charge is 2.30. The van der Waals surface area contributed by atoms with Crippen molar-refractivity contribution < 1.29 is 9.59 Å². The fourth-order valence-corrected chi connectivity index (χ4v) is 1.99. The van der Waals surface area contributed by atoms with Crippen molar-refractivity contribution in [3.63, 3.8) is 0 Å². The van der Waals surface area contributed by atoms with Crippen LogP contribution in [0.5, 0.6) is 0 Å². The minimum atomic E-state index is -0.0764. The first-order valence-corrected chi connectivity index (χ1v) is 6.39. The number of hydrogen-bond donors (Lipinski definition) is 3. The lowest BCUT2D eigenvalue weighted by atomic mass is 10.0. The van der Waals surface area contributed by atoms with Crippen LogP contribution in [0, 0.1) is 0 Å². The summed E-state index contributed by atoms with van der Waals surface area (Å²) in [5.41, 5.74) is 0.00717. The van der Waals surface area contributed by atoms with Gasteiger partial charge in [-0.3, -0.25) is 14.5 Å². The molecule has 0 bridgehead atoms. The van der Waals surface area contributed by atoms with Crippen molar-refractivity contribution in [2.24, 2.45) is 0 Å². The van der Waals surface area contributed by atoms with Crippen LogP contribution in [0.25, 0.3) is 0 Å². The van der Waals surface area contributed by atoms with Gasteiger partial charge in [0.2, 0.25) is 11.8 Å². The van der Waals surface area contributed by atoms with Crippen LogP contribution in [0.1, 0.15) is 20.8 Å². The Bertz CT molecular complexity index is 304. The smallest absolute Gasteiger partial charge is 0.234 e. The lowest BCUT2D eigenvalue weighted by Crippen LogP contribution is -2.60. The van der Waals surface area contributed by atoms with Crippen molar-refractivity contribution in [2.75, 3.05) is 39.3 Å². The minimum absolute atomic E-state index is 0.00717. The largest absolute Gasteiger partial charge is 0.355 e. The topological polar surface area (TPSA) is 73.5 Å². The molecule has 1 heterocycles. The summed E-state index contributed by atoms with van der Waals surface area (Å²) in [7, 11) is 0. The summed E-state index contributed by atoms with van der Waals surface area (Å²) in [6.45, 7) is 9.78. The zero-order chi connectivity index (χ0) is 13.6. The third kappa shape index (κ3) is 5.01. The molecule has 18 heavy (non-hydrogen) atoms. The number of nitrogens with zero attached hydrogens (tertiary/aromatic N) is 1. The second kappa shape index (κ2) is 6.70. The summed E-state index contributed by atoms with van der Waals surface area (Å²) in [5.74, 6) is -0.0668. The highest BCUT2D eigenvalue weighted by molar-refractivity contribution is 5.78. The summed E-state index contributed by atoms with van der Waals surface area (Å²) < 4.78 is 0. The van der Waals surface area contributed by atoms with Gasteiger partial charge in [-0.2, -0.15) is 0 Å². The van der Waals surface area contributed by atoms with Gasteiger partial charge in [0.15, 0.2) is 0 Å². The lowest BCUT2D eigenvalue weighted by Gasteiger charge is -2.42. The van der Waals surface area contributed by atoms with Crippen molar-refractivity contribution in [1.82, 2.24) is 20.9 Å². The van der Waals surface area contributed by atoms with Gasteiger partial charge in [-0.25, -0.2) is 0 Å². The average molecular weight is 256 g/mol. The molecule has 0 aromatic rings. The van der Waals surface area contributed by atoms with E-state index in [1.54, 1.807) is 0 Å². The first-order chi connectivity index (χ1) is 8.42. The van der Waals surface area contributed by atoms with E-state index in [-0.39, 0.29) is 17.4 Å². The lowest BCUT2D eigenvalue weighted by molar-refractivity contribution is -0.124. The Hall–Kier alpha value is -1.14. The van der Waals surface area contributed by atoms with Gasteiger partial charge >= 0.3 is 0 Å². The molecule has 0 unspecified atom stereocenters. The molecule has 1 rings (SSSR count). The van der Waals surface area contributed by atoms with Gasteiger partial charge in [0, 0.05) is 45.2 Å². The number of carbonyl (C=O) groups is 2. The Morgan fingerprint density at radius 2 is 1.94 bits per heavy atom. The Kier molecular flexibility index (Phi) is 5.55. The normalized spacial score (nSPS) is 19.3. The molecule has 3 N–H and O–H groups in total. The minimum Gasteiger partial charge on any atom is -0.355 e. The Labute approximate surface area is 108 Å². The second-order valence-corrected chi connectivity index (χ2v) is 5.24. The molecule has 2 amide bonds. The van der Waals surface area contributed by atoms with Gasteiger partial charge in [0.1, 0.15) is 0 Å². The number of rotatable bonds is 5. The van der Waals surface area contributed by atoms with Crippen molar-refractivity contribution in [2.45, 2.75) is 26.3 Å². The summed E-state index contributed by atoms with van der Waals surface area (Å²) in [6.07, 6.45) is 0. The van der Waals surface area contributed by atoms with Crippen LogP contribution in [0.2, 0.25) is 0 Å². The van der Waals surface area contributed by atoms with Gasteiger partial charge in [-0.05, 0) is 13.8 Å². The number of carbonyl (C=O) groups excluding carboxylic acids is 2. The molecule has 104 valence electrons. The van der Waals surface area contributed by atoms with Crippen LogP contribution in [-0.2, 0) is 9.59 Å². The predicted octanol–water partition coefficient (Wildman–Crippen LogP) is -1.08. The average Bonchev–Trinajstić information content (AvgIpc) is 2.27. The zero-order valence-corrected chi connectivity index (χ0v) is 11.5. The standard InChI is InChI=1S/C12H24N4O2/c1-10(17)14-4-5-15-11(18)8-16-7-6-13-9-12(16,2)3/h13H,4-9H2,1-3H3,(H,14,17)(H,15,18). The first kappa shape index (κ1) is 14.9. The number of hydrogen-bond acceptors (Lipinski definition) is 4. The molecule has 0 aromatic heterocycles. The van der Waals surface area contributed by atoms with Crippen molar-refractivity contribution in [3.05, 3.63) is 0 Å². The van der Waals surface area contributed by atoms with Gasteiger partial charge in [-0.15, -0.1) is 0 Å². The van der Waals surface area contributed by atoms with Gasteiger partial charge < -0.3 is 16.0 Å². The fourth-order valence-electron chi connectivity index (χ4n) is 1.99. The molecule has 1 aliphatic heterocycles. The first-order valence-electron chi connectivity index (χ1n) is 6.39. The van der Waals surface area contributed by atoms with Crippen molar-refractivity contribution in [1.29, 1.82) is 0 Å². The zero-order valence-electron chi connectivity index (χ0n) is 11.5. The van der Waals surface area contributed by atoms with Gasteiger partial charge in [0.25, 0.3) is 0 Å². The van der Waals surface area contributed by atoms with E-state index in [1.165, 1.54) is 6.92 Å². The number of nitrogens with one attached hydrogen (secondary N) is 3. The van der Waals surface area contributed by atoms with Gasteiger partial charge in [-0.1, -0.05) is 0 Å². The molecule has 0 radical (unpaired) electrons. The second-order valence-electron chi connectivity index (χ2n) is 5.24. The molecule has 0 atom stereocenters. The van der Waals surface area contributed by atoms with Crippen molar-refractivity contribution in [3.8, 4) is 0 Å². The Morgan fingerprint density at radius 1 is 1.28 bits per heavy atom. The molecule has 0 spiro atoms. The predicted molar refractivity (Wildman–Crippen MR) is 70.2 cm³/mol. The molecule has 0 aliphatic carbocycles. The molecule has 1 saturated heterocycles. The highest BCUT2D eigenvalue weighted by Crippen LogP contribution is 2.15. The summed E-state index contributed by atoms with van der Waals surface area (Å²) in [4.78, 5) is 24.6. The maximum absolute atomic E-state index is 11.8. The summed E-state index contributed by atoms with van der Waals surface area (Å²) >= 11 is 0. The third-order valence-electron chi connectivity index (χ3n) is 3.13. The van der Waals surface area contributed by atoms with E-state index in [4.69, 9.17) is 0 Å². The van der Waals surface area contributed by atoms with Crippen LogP contribution in [0.4, 0.5) is 0 Å². The molecular formula is C12H24N4O2. The van der Waals surface area contributed by atoms with E-state index in [0.29, 0.717) is 19.6 Å². The highest BCUT2D eigenvalue weighted by atomic mass is 16.2. The van der Waals surface area contributed by atoms with Gasteiger partial charge in [0.05, 0.1) is 6.54 Å². The SMILES string of the molecule is CC(=O)NCCNC(=O)CN1CCNCC1(C)C. The van der Waals surface area contributed by atoms with E-state index in [9.17, 15) is 9.59 Å². The van der Waals surface area contributed by atoms with E-state index < -0.39 is 0 Å². The Balaban J connectivity index is 2.24. The monoisotopic (exact) mass is 256 g/mol. The summed E-state index contributed by atoms with van der Waals surface area (Å²) in [5, 5.41) is 8.77. The molecule has 1 fully saturated rings. The maximum atomic E-state index is 11.8. The quantitative estimate of drug-likeness (QED) is 0.547. The fraction of sp³-hybridized carbons (Fsp3) is 0.833.